The number of aromatic nitrogens is 5. The number of nitrogens with zero attached hydrogens (tertiary/aromatic N) is 5. The topological polar surface area (TPSA) is 138 Å². The summed E-state index contributed by atoms with van der Waals surface area (Å²) in [6.07, 6.45) is 1.67. The monoisotopic (exact) mass is 467 g/mol. The maximum Gasteiger partial charge on any atom is 0.245 e. The van der Waals surface area contributed by atoms with Crippen LogP contribution in [0.2, 0.25) is 0 Å². The molecule has 4 rings (SSSR count). The maximum absolute atomic E-state index is 13.1. The van der Waals surface area contributed by atoms with Crippen LogP contribution >= 0.6 is 0 Å². The van der Waals surface area contributed by atoms with E-state index in [1.165, 1.54) is 16.8 Å². The molecule has 1 atom stereocenters. The van der Waals surface area contributed by atoms with Crippen LogP contribution in [-0.4, -0.2) is 38.9 Å². The first kappa shape index (κ1) is 22.6. The number of carbonyl (C=O) groups excluding carboxylic acids is 1. The first-order valence-electron chi connectivity index (χ1n) is 10.4. The van der Waals surface area contributed by atoms with E-state index in [0.29, 0.717) is 11.3 Å². The Bertz CT molecular complexity index is 1410. The number of primary sulfonamides is 1. The van der Waals surface area contributed by atoms with E-state index in [-0.39, 0.29) is 23.3 Å². The highest BCUT2D eigenvalue weighted by Gasteiger charge is 2.26. The normalized spacial score (nSPS) is 12.9. The Morgan fingerprint density at radius 3 is 2.45 bits per heavy atom. The van der Waals surface area contributed by atoms with Crippen molar-refractivity contribution < 1.29 is 13.2 Å². The minimum absolute atomic E-state index is 0.0139. The van der Waals surface area contributed by atoms with Gasteiger partial charge in [0.2, 0.25) is 15.9 Å². The van der Waals surface area contributed by atoms with Crippen LogP contribution in [0.1, 0.15) is 25.7 Å². The van der Waals surface area contributed by atoms with Gasteiger partial charge in [-0.1, -0.05) is 43.3 Å². The molecule has 0 aliphatic heterocycles. The van der Waals surface area contributed by atoms with Crippen molar-refractivity contribution >= 4 is 27.0 Å². The summed E-state index contributed by atoms with van der Waals surface area (Å²) in [7, 11) is -1.86. The molecule has 0 aliphatic carbocycles. The van der Waals surface area contributed by atoms with Crippen LogP contribution in [-0.2, 0) is 28.4 Å². The number of benzene rings is 2. The van der Waals surface area contributed by atoms with Crippen LogP contribution in [0.5, 0.6) is 0 Å². The fourth-order valence-electron chi connectivity index (χ4n) is 3.71. The molecule has 0 saturated carbocycles. The summed E-state index contributed by atoms with van der Waals surface area (Å²) >= 11 is 0. The second-order valence-electron chi connectivity index (χ2n) is 8.14. The molecular weight excluding hydrogens is 442 g/mol. The number of hydrogen-bond donors (Lipinski definition) is 2. The zero-order chi connectivity index (χ0) is 23.8. The van der Waals surface area contributed by atoms with E-state index in [1.54, 1.807) is 18.3 Å². The van der Waals surface area contributed by atoms with Gasteiger partial charge >= 0.3 is 0 Å². The Labute approximate surface area is 191 Å². The van der Waals surface area contributed by atoms with Gasteiger partial charge in [0.1, 0.15) is 17.6 Å². The van der Waals surface area contributed by atoms with Gasteiger partial charge in [0.15, 0.2) is 0 Å². The zero-order valence-corrected chi connectivity index (χ0v) is 19.3. The quantitative estimate of drug-likeness (QED) is 0.426. The molecule has 0 bridgehead atoms. The number of carbonyl (C=O) groups is 1. The van der Waals surface area contributed by atoms with Crippen molar-refractivity contribution in [2.45, 2.75) is 31.3 Å². The van der Waals surface area contributed by atoms with Crippen molar-refractivity contribution in [3.8, 4) is 11.3 Å². The molecule has 3 N–H and O–H groups in total. The molecule has 0 unspecified atom stereocenters. The molecule has 0 spiro atoms. The minimum atomic E-state index is -3.77. The van der Waals surface area contributed by atoms with E-state index in [4.69, 9.17) is 5.14 Å². The summed E-state index contributed by atoms with van der Waals surface area (Å²) in [6, 6.07) is 13.2. The third kappa shape index (κ3) is 4.64. The van der Waals surface area contributed by atoms with E-state index < -0.39 is 16.1 Å². The second kappa shape index (κ2) is 8.75. The maximum atomic E-state index is 13.1. The van der Waals surface area contributed by atoms with E-state index in [2.05, 4.69) is 20.6 Å². The lowest BCUT2D eigenvalue weighted by atomic mass is 10.0. The molecule has 33 heavy (non-hydrogen) atoms. The lowest BCUT2D eigenvalue weighted by molar-refractivity contribution is -0.126. The zero-order valence-electron chi connectivity index (χ0n) is 18.5. The highest BCUT2D eigenvalue weighted by Crippen LogP contribution is 2.23. The highest BCUT2D eigenvalue weighted by molar-refractivity contribution is 7.89. The average Bonchev–Trinajstić information content (AvgIpc) is 3.37. The van der Waals surface area contributed by atoms with Gasteiger partial charge in [-0.05, 0) is 30.2 Å². The summed E-state index contributed by atoms with van der Waals surface area (Å²) in [5, 5.41) is 16.4. The number of rotatable bonds is 7. The Balaban J connectivity index is 1.52. The number of nitrogens with two attached hydrogens (primary N) is 1. The van der Waals surface area contributed by atoms with E-state index in [0.717, 1.165) is 16.9 Å². The molecule has 1 amide bonds. The van der Waals surface area contributed by atoms with Gasteiger partial charge in [0.25, 0.3) is 0 Å². The van der Waals surface area contributed by atoms with Gasteiger partial charge in [-0.25, -0.2) is 23.2 Å². The van der Waals surface area contributed by atoms with E-state index >= 15 is 0 Å². The van der Waals surface area contributed by atoms with Crippen molar-refractivity contribution in [1.29, 1.82) is 0 Å². The molecule has 2 heterocycles. The third-order valence-corrected chi connectivity index (χ3v) is 6.40. The van der Waals surface area contributed by atoms with Crippen LogP contribution < -0.4 is 10.5 Å². The van der Waals surface area contributed by atoms with Crippen molar-refractivity contribution in [3.63, 3.8) is 0 Å². The molecule has 0 saturated heterocycles. The van der Waals surface area contributed by atoms with Crippen LogP contribution in [0.4, 0.5) is 0 Å². The van der Waals surface area contributed by atoms with Gasteiger partial charge in [-0.3, -0.25) is 4.79 Å². The van der Waals surface area contributed by atoms with Gasteiger partial charge < -0.3 is 9.88 Å². The molecule has 11 heteroatoms. The number of fused-ring (bicyclic) bond motifs is 1. The number of nitrogens with one attached hydrogen (secondary N) is 1. The summed E-state index contributed by atoms with van der Waals surface area (Å²) in [6.45, 7) is 4.15. The van der Waals surface area contributed by atoms with E-state index in [1.807, 2.05) is 49.7 Å². The third-order valence-electron chi connectivity index (χ3n) is 5.47. The second-order valence-corrected chi connectivity index (χ2v) is 9.70. The standard InChI is InChI=1S/C22H25N7O3S/c1-14(2)21(22(30)24-12-20-25-17-6-4-5-7-19(17)28(20)3)29-13-18(26-27-29)15-8-10-16(11-9-15)33(23,31)32/h4-11,13-14,21H,12H2,1-3H3,(H,24,30)(H2,23,31,32)/t21-/m0/s1. The summed E-state index contributed by atoms with van der Waals surface area (Å²) in [4.78, 5) is 17.7. The van der Waals surface area contributed by atoms with Crippen molar-refractivity contribution in [2.24, 2.45) is 18.1 Å². The lowest BCUT2D eigenvalue weighted by Gasteiger charge is -2.20. The van der Waals surface area contributed by atoms with Crippen molar-refractivity contribution in [1.82, 2.24) is 29.9 Å². The first-order chi connectivity index (χ1) is 15.6. The minimum Gasteiger partial charge on any atom is -0.347 e. The van der Waals surface area contributed by atoms with Gasteiger partial charge in [-0.2, -0.15) is 0 Å². The summed E-state index contributed by atoms with van der Waals surface area (Å²) in [5.74, 6) is 0.504. The van der Waals surface area contributed by atoms with Gasteiger partial charge in [0, 0.05) is 12.6 Å². The van der Waals surface area contributed by atoms with E-state index in [9.17, 15) is 13.2 Å². The fourth-order valence-corrected chi connectivity index (χ4v) is 4.23. The van der Waals surface area contributed by atoms with Gasteiger partial charge in [-0.15, -0.1) is 5.10 Å². The highest BCUT2D eigenvalue weighted by atomic mass is 32.2. The largest absolute Gasteiger partial charge is 0.347 e. The summed E-state index contributed by atoms with van der Waals surface area (Å²) < 4.78 is 26.4. The van der Waals surface area contributed by atoms with Gasteiger partial charge in [0.05, 0.1) is 28.7 Å². The number of hydrogen-bond acceptors (Lipinski definition) is 6. The number of aryl methyl sites for hydroxylation is 1. The Morgan fingerprint density at radius 1 is 1.12 bits per heavy atom. The van der Waals surface area contributed by atoms with Crippen molar-refractivity contribution in [2.75, 3.05) is 0 Å². The number of amides is 1. The summed E-state index contributed by atoms with van der Waals surface area (Å²) in [5.41, 5.74) is 3.05. The molecular formula is C22H25N7O3S. The fraction of sp³-hybridized carbons (Fsp3) is 0.273. The number of imidazole rings is 1. The smallest absolute Gasteiger partial charge is 0.245 e. The molecule has 4 aromatic rings. The SMILES string of the molecule is CC(C)[C@@H](C(=O)NCc1nc2ccccc2n1C)n1cc(-c2ccc(S(N)(=O)=O)cc2)nn1. The lowest BCUT2D eigenvalue weighted by Crippen LogP contribution is -2.36. The Kier molecular flexibility index (Phi) is 6.00. The molecule has 2 aromatic heterocycles. The predicted octanol–water partition coefficient (Wildman–Crippen LogP) is 1.99. The average molecular weight is 468 g/mol. The molecule has 0 aliphatic rings. The van der Waals surface area contributed by atoms with Crippen LogP contribution in [0, 0.1) is 5.92 Å². The molecule has 2 aromatic carbocycles. The molecule has 172 valence electrons. The first-order valence-corrected chi connectivity index (χ1v) is 11.9. The molecule has 0 radical (unpaired) electrons. The Hall–Kier alpha value is -3.57. The van der Waals surface area contributed by atoms with Crippen molar-refractivity contribution in [3.05, 3.63) is 60.6 Å². The van der Waals surface area contributed by atoms with Crippen LogP contribution in [0.15, 0.2) is 59.6 Å². The van der Waals surface area contributed by atoms with Crippen LogP contribution in [0.25, 0.3) is 22.3 Å². The van der Waals surface area contributed by atoms with Crippen LogP contribution in [0.3, 0.4) is 0 Å². The molecule has 0 fully saturated rings. The number of para-hydroxylation sites is 2. The Morgan fingerprint density at radius 2 is 1.82 bits per heavy atom. The predicted molar refractivity (Wildman–Crippen MR) is 123 cm³/mol. The molecule has 10 nitrogen and oxygen atoms in total. The number of sulfonamides is 1.